The fraction of sp³-hybridized carbons (Fsp3) is 0.483. The van der Waals surface area contributed by atoms with Crippen LogP contribution in [0.3, 0.4) is 0 Å². The van der Waals surface area contributed by atoms with Crippen molar-refractivity contribution in [3.8, 4) is 18.1 Å². The van der Waals surface area contributed by atoms with Gasteiger partial charge in [0, 0.05) is 37.8 Å². The van der Waals surface area contributed by atoms with E-state index in [2.05, 4.69) is 40.5 Å². The minimum atomic E-state index is -0.251. The highest BCUT2D eigenvalue weighted by Gasteiger charge is 2.33. The number of benzene rings is 1. The highest BCUT2D eigenvalue weighted by Crippen LogP contribution is 2.33. The molecule has 1 aromatic heterocycles. The minimum Gasteiger partial charge on any atom is -0.462 e. The molecule has 3 aliphatic heterocycles. The van der Waals surface area contributed by atoms with Gasteiger partial charge in [0.05, 0.1) is 42.0 Å². The number of hydrogen-bond acceptors (Lipinski definition) is 9. The maximum Gasteiger partial charge on any atom is 0.318 e. The summed E-state index contributed by atoms with van der Waals surface area (Å²) < 4.78 is 6.20. The van der Waals surface area contributed by atoms with Crippen molar-refractivity contribution in [1.82, 2.24) is 19.8 Å². The van der Waals surface area contributed by atoms with E-state index < -0.39 is 0 Å². The lowest BCUT2D eigenvalue weighted by molar-refractivity contribution is -0.128. The van der Waals surface area contributed by atoms with E-state index in [4.69, 9.17) is 14.7 Å². The highest BCUT2D eigenvalue weighted by molar-refractivity contribution is 7.59. The molecule has 10 nitrogen and oxygen atoms in total. The number of nitriles is 2. The van der Waals surface area contributed by atoms with Crippen molar-refractivity contribution in [3.05, 3.63) is 53.7 Å². The van der Waals surface area contributed by atoms with Crippen LogP contribution in [-0.4, -0.2) is 84.1 Å². The minimum absolute atomic E-state index is 0. The highest BCUT2D eigenvalue weighted by atomic mass is 32.1. The van der Waals surface area contributed by atoms with Crippen LogP contribution < -0.4 is 14.5 Å². The van der Waals surface area contributed by atoms with Crippen LogP contribution in [0.5, 0.6) is 6.01 Å². The molecular weight excluding hydrogens is 557 g/mol. The summed E-state index contributed by atoms with van der Waals surface area (Å²) >= 11 is 0. The first-order valence-electron chi connectivity index (χ1n) is 13.5. The lowest BCUT2D eigenvalue weighted by atomic mass is 10.0. The average molecular weight is 595 g/mol. The molecule has 1 aromatic carbocycles. The third kappa shape index (κ3) is 6.89. The number of piperazine rings is 1. The van der Waals surface area contributed by atoms with Crippen molar-refractivity contribution in [1.29, 1.82) is 10.5 Å². The Kier molecular flexibility index (Phi) is 11.3. The number of fused-ring (bicyclic) bond motifs is 1. The van der Waals surface area contributed by atoms with Crippen molar-refractivity contribution in [3.63, 3.8) is 0 Å². The van der Waals surface area contributed by atoms with Gasteiger partial charge in [-0.15, -0.1) is 0 Å². The molecule has 0 N–H and O–H groups in total. The number of likely N-dealkylation sites (tertiary alicyclic amines) is 1. The van der Waals surface area contributed by atoms with Crippen LogP contribution in [-0.2, 0) is 17.8 Å². The van der Waals surface area contributed by atoms with E-state index in [-0.39, 0.29) is 45.4 Å². The van der Waals surface area contributed by atoms with Crippen molar-refractivity contribution in [2.24, 2.45) is 0 Å². The van der Waals surface area contributed by atoms with Gasteiger partial charge in [-0.3, -0.25) is 4.79 Å². The molecule has 12 heteroatoms. The third-order valence-corrected chi connectivity index (χ3v) is 8.03. The molecule has 3 aliphatic rings. The van der Waals surface area contributed by atoms with Gasteiger partial charge in [0.15, 0.2) is 0 Å². The van der Waals surface area contributed by atoms with E-state index in [0.29, 0.717) is 56.8 Å². The monoisotopic (exact) mass is 594 g/mol. The molecule has 2 atom stereocenters. The standard InChI is InChI=1S/C29H34N8O2.2H2S/c1-3-27(38)37-16-15-36(18-22(37)10-12-30)28-24-11-14-35(26-9-5-4-7-21(26)17-31)19-25(24)32-29(33-28)39-20-23-8-6-13-34(23)2;;/h3-5,7,9,22-23H,1,6,8,10-11,13-16,18-20H2,2H3;2*1H2/t22-,23-;;/m0../s1. The van der Waals surface area contributed by atoms with Gasteiger partial charge in [-0.25, -0.2) is 0 Å². The number of ether oxygens (including phenoxy) is 1. The molecule has 2 saturated heterocycles. The molecule has 0 aliphatic carbocycles. The molecule has 1 amide bonds. The number of carbonyl (C=O) groups excluding carboxylic acids is 1. The molecule has 2 fully saturated rings. The molecule has 0 bridgehead atoms. The van der Waals surface area contributed by atoms with Gasteiger partial charge < -0.3 is 24.3 Å². The smallest absolute Gasteiger partial charge is 0.318 e. The Labute approximate surface area is 256 Å². The molecule has 218 valence electrons. The van der Waals surface area contributed by atoms with Crippen LogP contribution in [0.4, 0.5) is 11.5 Å². The lowest BCUT2D eigenvalue weighted by Crippen LogP contribution is -2.55. The number of carbonyl (C=O) groups is 1. The van der Waals surface area contributed by atoms with Crippen molar-refractivity contribution < 1.29 is 9.53 Å². The lowest BCUT2D eigenvalue weighted by Gasteiger charge is -2.42. The number of rotatable bonds is 7. The van der Waals surface area contributed by atoms with E-state index in [9.17, 15) is 15.3 Å². The zero-order chi connectivity index (χ0) is 27.4. The largest absolute Gasteiger partial charge is 0.462 e. The molecule has 0 unspecified atom stereocenters. The number of anilines is 2. The number of hydrogen-bond donors (Lipinski definition) is 0. The van der Waals surface area contributed by atoms with Gasteiger partial charge in [0.2, 0.25) is 5.91 Å². The Morgan fingerprint density at radius 3 is 2.63 bits per heavy atom. The summed E-state index contributed by atoms with van der Waals surface area (Å²) in [5.41, 5.74) is 3.48. The zero-order valence-corrected chi connectivity index (χ0v) is 25.4. The quantitative estimate of drug-likeness (QED) is 0.447. The molecule has 0 spiro atoms. The topological polar surface area (TPSA) is 113 Å². The molecular formula is C29H38N8O2S2. The van der Waals surface area contributed by atoms with E-state index >= 15 is 0 Å². The summed E-state index contributed by atoms with van der Waals surface area (Å²) in [5, 5.41) is 19.1. The average Bonchev–Trinajstić information content (AvgIpc) is 3.39. The fourth-order valence-electron chi connectivity index (χ4n) is 5.86. The van der Waals surface area contributed by atoms with Crippen molar-refractivity contribution >= 4 is 44.4 Å². The second kappa shape index (κ2) is 14.4. The molecule has 0 radical (unpaired) electrons. The van der Waals surface area contributed by atoms with Gasteiger partial charge in [-0.2, -0.15) is 47.5 Å². The van der Waals surface area contributed by atoms with Gasteiger partial charge in [-0.05, 0) is 51.1 Å². The fourth-order valence-corrected chi connectivity index (χ4v) is 5.86. The maximum atomic E-state index is 12.4. The summed E-state index contributed by atoms with van der Waals surface area (Å²) in [5.74, 6) is 0.660. The van der Waals surface area contributed by atoms with Crippen LogP contribution in [0.25, 0.3) is 0 Å². The molecule has 2 aromatic rings. The number of amides is 1. The second-order valence-electron chi connectivity index (χ2n) is 10.3. The Hall–Kier alpha value is -3.45. The van der Waals surface area contributed by atoms with Gasteiger partial charge >= 0.3 is 6.01 Å². The van der Waals surface area contributed by atoms with Crippen molar-refractivity contribution in [2.45, 2.75) is 44.3 Å². The molecule has 5 rings (SSSR count). The van der Waals surface area contributed by atoms with E-state index in [1.807, 2.05) is 24.3 Å². The van der Waals surface area contributed by atoms with Crippen LogP contribution in [0, 0.1) is 22.7 Å². The van der Waals surface area contributed by atoms with Crippen molar-refractivity contribution in [2.75, 3.05) is 56.2 Å². The Morgan fingerprint density at radius 1 is 1.12 bits per heavy atom. The molecule has 0 saturated carbocycles. The maximum absolute atomic E-state index is 12.4. The number of para-hydroxylation sites is 1. The summed E-state index contributed by atoms with van der Waals surface area (Å²) in [7, 11) is 2.12. The van der Waals surface area contributed by atoms with Gasteiger partial charge in [-0.1, -0.05) is 18.7 Å². The zero-order valence-electron chi connectivity index (χ0n) is 23.4. The number of aromatic nitrogens is 2. The van der Waals surface area contributed by atoms with Gasteiger partial charge in [0.25, 0.3) is 0 Å². The Morgan fingerprint density at radius 2 is 1.93 bits per heavy atom. The SMILES string of the molecule is C=CC(=O)N1CCN(c2nc(OC[C@@H]3CCCN3C)nc3c2CCN(c2ccccc2C#N)C3)C[C@@H]1CC#N.S.S. The van der Waals surface area contributed by atoms with Crippen LogP contribution >= 0.6 is 27.0 Å². The van der Waals surface area contributed by atoms with E-state index in [1.54, 1.807) is 4.90 Å². The first kappa shape index (κ1) is 32.1. The Balaban J connectivity index is 0.00000231. The summed E-state index contributed by atoms with van der Waals surface area (Å²) in [6.07, 6.45) is 4.50. The number of likely N-dealkylation sites (N-methyl/N-ethyl adjacent to an activating group) is 1. The molecule has 41 heavy (non-hydrogen) atoms. The molecule has 4 heterocycles. The van der Waals surface area contributed by atoms with Crippen LogP contribution in [0.2, 0.25) is 0 Å². The predicted octanol–water partition coefficient (Wildman–Crippen LogP) is 2.73. The summed E-state index contributed by atoms with van der Waals surface area (Å²) in [4.78, 5) is 30.6. The second-order valence-corrected chi connectivity index (χ2v) is 10.3. The summed E-state index contributed by atoms with van der Waals surface area (Å²) in [6, 6.07) is 12.6. The first-order valence-corrected chi connectivity index (χ1v) is 13.5. The van der Waals surface area contributed by atoms with E-state index in [1.165, 1.54) is 6.08 Å². The van der Waals surface area contributed by atoms with Crippen LogP contribution in [0.15, 0.2) is 36.9 Å². The van der Waals surface area contributed by atoms with E-state index in [0.717, 1.165) is 48.7 Å². The first-order chi connectivity index (χ1) is 19.0. The summed E-state index contributed by atoms with van der Waals surface area (Å²) in [6.45, 7) is 8.06. The normalized spacial score (nSPS) is 20.1. The van der Waals surface area contributed by atoms with Crippen LogP contribution in [0.1, 0.15) is 36.1 Å². The number of nitrogens with zero attached hydrogens (tertiary/aromatic N) is 8. The Bertz CT molecular complexity index is 1330. The third-order valence-electron chi connectivity index (χ3n) is 8.03. The predicted molar refractivity (Wildman–Crippen MR) is 168 cm³/mol. The van der Waals surface area contributed by atoms with Gasteiger partial charge in [0.1, 0.15) is 18.5 Å².